The Morgan fingerprint density at radius 3 is 2.86 bits per heavy atom. The fraction of sp³-hybridized carbons (Fsp3) is 0.545. The van der Waals surface area contributed by atoms with Gasteiger partial charge in [0.2, 0.25) is 5.88 Å². The van der Waals surface area contributed by atoms with Gasteiger partial charge in [0, 0.05) is 12.6 Å². The van der Waals surface area contributed by atoms with E-state index in [2.05, 4.69) is 4.98 Å². The van der Waals surface area contributed by atoms with Gasteiger partial charge in [-0.25, -0.2) is 4.98 Å². The molecule has 0 aliphatic heterocycles. The lowest BCUT2D eigenvalue weighted by Crippen LogP contribution is -2.12. The maximum atomic E-state index is 5.75. The van der Waals surface area contributed by atoms with Gasteiger partial charge in [0.05, 0.1) is 5.69 Å². The Morgan fingerprint density at radius 2 is 2.14 bits per heavy atom. The molecule has 0 aromatic carbocycles. The molecule has 0 unspecified atom stereocenters. The number of rotatable bonds is 3. The summed E-state index contributed by atoms with van der Waals surface area (Å²) in [5.41, 5.74) is 6.40. The van der Waals surface area contributed by atoms with Crippen LogP contribution < -0.4 is 10.5 Å². The highest BCUT2D eigenvalue weighted by molar-refractivity contribution is 5.15. The molecule has 1 aromatic heterocycles. The highest BCUT2D eigenvalue weighted by atomic mass is 16.5. The second kappa shape index (κ2) is 4.42. The van der Waals surface area contributed by atoms with E-state index in [1.807, 2.05) is 18.2 Å². The lowest BCUT2D eigenvalue weighted by molar-refractivity contribution is 0.201. The van der Waals surface area contributed by atoms with Gasteiger partial charge in [-0.2, -0.15) is 0 Å². The third-order valence-corrected chi connectivity index (χ3v) is 2.58. The van der Waals surface area contributed by atoms with Crippen LogP contribution in [-0.4, -0.2) is 11.1 Å². The average molecular weight is 192 g/mol. The quantitative estimate of drug-likeness (QED) is 0.795. The van der Waals surface area contributed by atoms with Crippen molar-refractivity contribution in [3.05, 3.63) is 23.9 Å². The highest BCUT2D eigenvalue weighted by Gasteiger charge is 2.16. The minimum absolute atomic E-state index is 0.371. The van der Waals surface area contributed by atoms with E-state index >= 15 is 0 Å². The van der Waals surface area contributed by atoms with Crippen molar-refractivity contribution in [2.24, 2.45) is 5.73 Å². The van der Waals surface area contributed by atoms with Gasteiger partial charge < -0.3 is 10.5 Å². The van der Waals surface area contributed by atoms with Crippen molar-refractivity contribution in [3.8, 4) is 5.88 Å². The van der Waals surface area contributed by atoms with Crippen LogP contribution in [0.25, 0.3) is 0 Å². The predicted octanol–water partition coefficient (Wildman–Crippen LogP) is 1.86. The first-order chi connectivity index (χ1) is 6.88. The Morgan fingerprint density at radius 1 is 1.36 bits per heavy atom. The SMILES string of the molecule is NCc1cccc(OC2CCCC2)n1. The minimum atomic E-state index is 0.371. The molecule has 14 heavy (non-hydrogen) atoms. The number of nitrogens with zero attached hydrogens (tertiary/aromatic N) is 1. The number of hydrogen-bond acceptors (Lipinski definition) is 3. The van der Waals surface area contributed by atoms with E-state index in [1.165, 1.54) is 12.8 Å². The maximum absolute atomic E-state index is 5.75. The molecule has 2 N–H and O–H groups in total. The summed E-state index contributed by atoms with van der Waals surface area (Å²) >= 11 is 0. The first-order valence-corrected chi connectivity index (χ1v) is 5.21. The molecule has 1 saturated carbocycles. The molecule has 1 aliphatic carbocycles. The van der Waals surface area contributed by atoms with Crippen LogP contribution in [0.15, 0.2) is 18.2 Å². The number of aromatic nitrogens is 1. The molecule has 1 aliphatic rings. The Labute approximate surface area is 84.3 Å². The molecule has 76 valence electrons. The molecule has 0 bridgehead atoms. The summed E-state index contributed by atoms with van der Waals surface area (Å²) in [5, 5.41) is 0. The van der Waals surface area contributed by atoms with E-state index in [0.29, 0.717) is 12.6 Å². The topological polar surface area (TPSA) is 48.1 Å². The standard InChI is InChI=1S/C11H16N2O/c12-8-9-4-3-7-11(13-9)14-10-5-1-2-6-10/h3-4,7,10H,1-2,5-6,8,12H2. The summed E-state index contributed by atoms with van der Waals surface area (Å²) in [6.07, 6.45) is 5.25. The molecule has 1 fully saturated rings. The number of ether oxygens (including phenoxy) is 1. The molecule has 1 heterocycles. The molecule has 3 nitrogen and oxygen atoms in total. The van der Waals surface area contributed by atoms with Gasteiger partial charge in [-0.3, -0.25) is 0 Å². The maximum Gasteiger partial charge on any atom is 0.213 e. The number of hydrogen-bond donors (Lipinski definition) is 1. The van der Waals surface area contributed by atoms with Gasteiger partial charge >= 0.3 is 0 Å². The van der Waals surface area contributed by atoms with Gasteiger partial charge in [-0.05, 0) is 31.7 Å². The third-order valence-electron chi connectivity index (χ3n) is 2.58. The zero-order chi connectivity index (χ0) is 9.80. The normalized spacial score (nSPS) is 17.2. The zero-order valence-electron chi connectivity index (χ0n) is 8.28. The Balaban J connectivity index is 2.00. The van der Waals surface area contributed by atoms with Crippen LogP contribution >= 0.6 is 0 Å². The summed E-state index contributed by atoms with van der Waals surface area (Å²) in [6, 6.07) is 5.76. The van der Waals surface area contributed by atoms with Crippen LogP contribution in [0.2, 0.25) is 0 Å². The van der Waals surface area contributed by atoms with Crippen LogP contribution in [0.3, 0.4) is 0 Å². The van der Waals surface area contributed by atoms with Crippen molar-refractivity contribution >= 4 is 0 Å². The first kappa shape index (κ1) is 9.46. The molecular formula is C11H16N2O. The van der Waals surface area contributed by atoms with Crippen molar-refractivity contribution < 1.29 is 4.74 Å². The summed E-state index contributed by atoms with van der Waals surface area (Å²) < 4.78 is 5.75. The molecule has 0 saturated heterocycles. The summed E-state index contributed by atoms with van der Waals surface area (Å²) in [7, 11) is 0. The lowest BCUT2D eigenvalue weighted by Gasteiger charge is -2.12. The fourth-order valence-electron chi connectivity index (χ4n) is 1.81. The summed E-state index contributed by atoms with van der Waals surface area (Å²) in [6.45, 7) is 0.474. The smallest absolute Gasteiger partial charge is 0.213 e. The molecule has 0 atom stereocenters. The van der Waals surface area contributed by atoms with Crippen molar-refractivity contribution in [1.29, 1.82) is 0 Å². The minimum Gasteiger partial charge on any atom is -0.474 e. The van der Waals surface area contributed by atoms with E-state index in [-0.39, 0.29) is 0 Å². The van der Waals surface area contributed by atoms with Crippen LogP contribution in [0, 0.1) is 0 Å². The molecular weight excluding hydrogens is 176 g/mol. The van der Waals surface area contributed by atoms with Gasteiger partial charge in [0.1, 0.15) is 6.10 Å². The molecule has 2 rings (SSSR count). The van der Waals surface area contributed by atoms with Crippen molar-refractivity contribution in [2.45, 2.75) is 38.3 Å². The van der Waals surface area contributed by atoms with Crippen LogP contribution in [-0.2, 0) is 6.54 Å². The van der Waals surface area contributed by atoms with Gasteiger partial charge in [-0.15, -0.1) is 0 Å². The van der Waals surface area contributed by atoms with E-state index < -0.39 is 0 Å². The van der Waals surface area contributed by atoms with Gasteiger partial charge in [0.15, 0.2) is 0 Å². The van der Waals surface area contributed by atoms with E-state index in [0.717, 1.165) is 24.4 Å². The van der Waals surface area contributed by atoms with Gasteiger partial charge in [-0.1, -0.05) is 6.07 Å². The number of pyridine rings is 1. The molecule has 1 aromatic rings. The summed E-state index contributed by atoms with van der Waals surface area (Å²) in [5.74, 6) is 0.722. The monoisotopic (exact) mass is 192 g/mol. The van der Waals surface area contributed by atoms with Crippen molar-refractivity contribution in [1.82, 2.24) is 4.98 Å². The predicted molar refractivity (Wildman–Crippen MR) is 55.0 cm³/mol. The van der Waals surface area contributed by atoms with Crippen LogP contribution in [0.4, 0.5) is 0 Å². The second-order valence-electron chi connectivity index (χ2n) is 3.70. The van der Waals surface area contributed by atoms with Gasteiger partial charge in [0.25, 0.3) is 0 Å². The van der Waals surface area contributed by atoms with Crippen LogP contribution in [0.5, 0.6) is 5.88 Å². The highest BCUT2D eigenvalue weighted by Crippen LogP contribution is 2.22. The molecule has 0 amide bonds. The third kappa shape index (κ3) is 2.23. The number of nitrogens with two attached hydrogens (primary N) is 1. The molecule has 3 heteroatoms. The Bertz CT molecular complexity index is 295. The average Bonchev–Trinajstić information content (AvgIpc) is 2.71. The van der Waals surface area contributed by atoms with E-state index in [4.69, 9.17) is 10.5 Å². The zero-order valence-corrected chi connectivity index (χ0v) is 8.28. The largest absolute Gasteiger partial charge is 0.474 e. The van der Waals surface area contributed by atoms with Crippen molar-refractivity contribution in [3.63, 3.8) is 0 Å². The Hall–Kier alpha value is -1.09. The lowest BCUT2D eigenvalue weighted by atomic mass is 10.3. The first-order valence-electron chi connectivity index (χ1n) is 5.21. The fourth-order valence-corrected chi connectivity index (χ4v) is 1.81. The second-order valence-corrected chi connectivity index (χ2v) is 3.70. The van der Waals surface area contributed by atoms with Crippen LogP contribution in [0.1, 0.15) is 31.4 Å². The molecule has 0 radical (unpaired) electrons. The van der Waals surface area contributed by atoms with Crippen molar-refractivity contribution in [2.75, 3.05) is 0 Å². The molecule has 0 spiro atoms. The van der Waals surface area contributed by atoms with E-state index in [9.17, 15) is 0 Å². The Kier molecular flexibility index (Phi) is 2.99. The summed E-state index contributed by atoms with van der Waals surface area (Å²) in [4.78, 5) is 4.31. The van der Waals surface area contributed by atoms with E-state index in [1.54, 1.807) is 0 Å².